The number of aromatic nitrogens is 1. The van der Waals surface area contributed by atoms with Gasteiger partial charge in [0.05, 0.1) is 12.1 Å². The molecule has 1 amide bonds. The lowest BCUT2D eigenvalue weighted by atomic mass is 10.1. The Kier molecular flexibility index (Phi) is 5.84. The van der Waals surface area contributed by atoms with Gasteiger partial charge in [-0.25, -0.2) is 4.98 Å². The fourth-order valence-electron chi connectivity index (χ4n) is 2.44. The Morgan fingerprint density at radius 2 is 1.84 bits per heavy atom. The molecule has 0 radical (unpaired) electrons. The molecule has 0 bridgehead atoms. The van der Waals surface area contributed by atoms with Crippen LogP contribution in [0.15, 0.2) is 53.9 Å². The zero-order valence-corrected chi connectivity index (χ0v) is 15.5. The zero-order valence-electron chi connectivity index (χ0n) is 14.0. The highest BCUT2D eigenvalue weighted by Crippen LogP contribution is 2.24. The Hall–Kier alpha value is -2.17. The fraction of sp³-hybridized carbons (Fsp3) is 0.200. The van der Waals surface area contributed by atoms with Crippen LogP contribution in [0.2, 0.25) is 5.02 Å². The Morgan fingerprint density at radius 1 is 1.12 bits per heavy atom. The van der Waals surface area contributed by atoms with Gasteiger partial charge in [0.2, 0.25) is 5.91 Å². The molecule has 3 nitrogen and oxygen atoms in total. The van der Waals surface area contributed by atoms with Gasteiger partial charge in [0.25, 0.3) is 0 Å². The number of carbonyl (C=O) groups is 1. The van der Waals surface area contributed by atoms with E-state index in [1.54, 1.807) is 11.3 Å². The predicted molar refractivity (Wildman–Crippen MR) is 104 cm³/mol. The minimum absolute atomic E-state index is 0.00489. The first-order valence-corrected chi connectivity index (χ1v) is 9.38. The summed E-state index contributed by atoms with van der Waals surface area (Å²) in [4.78, 5) is 16.6. The zero-order chi connectivity index (χ0) is 17.6. The highest BCUT2D eigenvalue weighted by Gasteiger charge is 2.09. The summed E-state index contributed by atoms with van der Waals surface area (Å²) < 4.78 is 0. The number of nitrogens with zero attached hydrogens (tertiary/aromatic N) is 1. The van der Waals surface area contributed by atoms with Crippen LogP contribution < -0.4 is 5.32 Å². The van der Waals surface area contributed by atoms with E-state index < -0.39 is 0 Å². The molecule has 0 aliphatic rings. The normalized spacial score (nSPS) is 10.6. The van der Waals surface area contributed by atoms with Crippen LogP contribution >= 0.6 is 22.9 Å². The van der Waals surface area contributed by atoms with Gasteiger partial charge in [-0.15, -0.1) is 11.3 Å². The van der Waals surface area contributed by atoms with E-state index in [4.69, 9.17) is 11.6 Å². The first kappa shape index (κ1) is 17.6. The molecule has 1 aromatic heterocycles. The van der Waals surface area contributed by atoms with Crippen LogP contribution in [0.1, 0.15) is 16.8 Å². The number of rotatable bonds is 6. The molecule has 0 aliphatic carbocycles. The van der Waals surface area contributed by atoms with E-state index in [-0.39, 0.29) is 5.91 Å². The number of aryl methyl sites for hydroxylation is 1. The number of hydrogen-bond donors (Lipinski definition) is 1. The second-order valence-corrected chi connectivity index (χ2v) is 7.21. The summed E-state index contributed by atoms with van der Waals surface area (Å²) in [7, 11) is 0. The lowest BCUT2D eigenvalue weighted by Crippen LogP contribution is -2.27. The van der Waals surface area contributed by atoms with E-state index in [1.807, 2.05) is 29.6 Å². The molecule has 2 aromatic carbocycles. The summed E-state index contributed by atoms with van der Waals surface area (Å²) in [5.41, 5.74) is 4.27. The van der Waals surface area contributed by atoms with Crippen molar-refractivity contribution < 1.29 is 4.79 Å². The van der Waals surface area contributed by atoms with E-state index in [2.05, 4.69) is 41.5 Å². The third kappa shape index (κ3) is 5.15. The average Bonchev–Trinajstić information content (AvgIpc) is 3.06. The van der Waals surface area contributed by atoms with Gasteiger partial charge in [-0.1, -0.05) is 53.6 Å². The molecule has 5 heteroatoms. The summed E-state index contributed by atoms with van der Waals surface area (Å²) in [5.74, 6) is -0.00489. The van der Waals surface area contributed by atoms with Crippen LogP contribution in [-0.2, 0) is 17.6 Å². The molecule has 1 N–H and O–H groups in total. The van der Waals surface area contributed by atoms with Crippen molar-refractivity contribution in [3.05, 3.63) is 75.8 Å². The van der Waals surface area contributed by atoms with Gasteiger partial charge in [0.1, 0.15) is 5.01 Å². The Labute approximate surface area is 156 Å². The maximum absolute atomic E-state index is 12.1. The van der Waals surface area contributed by atoms with E-state index >= 15 is 0 Å². The number of halogens is 1. The predicted octanol–water partition coefficient (Wildman–Crippen LogP) is 4.67. The molecule has 0 spiro atoms. The smallest absolute Gasteiger partial charge is 0.226 e. The lowest BCUT2D eigenvalue weighted by molar-refractivity contribution is -0.120. The largest absolute Gasteiger partial charge is 0.355 e. The van der Waals surface area contributed by atoms with Gasteiger partial charge in [-0.05, 0) is 31.0 Å². The maximum atomic E-state index is 12.1. The number of hydrogen-bond acceptors (Lipinski definition) is 3. The highest BCUT2D eigenvalue weighted by atomic mass is 35.5. The van der Waals surface area contributed by atoms with E-state index in [0.717, 1.165) is 33.3 Å². The summed E-state index contributed by atoms with van der Waals surface area (Å²) >= 11 is 7.43. The molecule has 3 aromatic rings. The van der Waals surface area contributed by atoms with Crippen LogP contribution in [0.5, 0.6) is 0 Å². The Balaban J connectivity index is 1.49. The first-order valence-electron chi connectivity index (χ1n) is 8.13. The van der Waals surface area contributed by atoms with Crippen molar-refractivity contribution in [2.24, 2.45) is 0 Å². The van der Waals surface area contributed by atoms with E-state index in [1.165, 1.54) is 5.56 Å². The molecule has 3 rings (SSSR count). The number of amides is 1. The SMILES string of the molecule is Cc1ccc(-c2nc(CC(=O)NCCc3ccc(Cl)cc3)cs2)cc1. The van der Waals surface area contributed by atoms with Crippen molar-refractivity contribution in [3.8, 4) is 10.6 Å². The van der Waals surface area contributed by atoms with Gasteiger partial charge < -0.3 is 5.32 Å². The molecule has 1 heterocycles. The summed E-state index contributed by atoms with van der Waals surface area (Å²) in [6, 6.07) is 15.9. The van der Waals surface area contributed by atoms with E-state index in [0.29, 0.717) is 13.0 Å². The van der Waals surface area contributed by atoms with Gasteiger partial charge in [0, 0.05) is 22.5 Å². The van der Waals surface area contributed by atoms with Crippen molar-refractivity contribution in [1.29, 1.82) is 0 Å². The molecular weight excluding hydrogens is 352 g/mol. The molecule has 25 heavy (non-hydrogen) atoms. The second-order valence-electron chi connectivity index (χ2n) is 5.91. The van der Waals surface area contributed by atoms with Crippen molar-refractivity contribution >= 4 is 28.8 Å². The molecule has 0 atom stereocenters. The number of carbonyl (C=O) groups excluding carboxylic acids is 1. The highest BCUT2D eigenvalue weighted by molar-refractivity contribution is 7.13. The third-order valence-corrected chi connectivity index (χ3v) is 5.03. The molecule has 0 aliphatic heterocycles. The quantitative estimate of drug-likeness (QED) is 0.684. The molecule has 0 saturated heterocycles. The van der Waals surface area contributed by atoms with Crippen molar-refractivity contribution in [1.82, 2.24) is 10.3 Å². The molecule has 0 fully saturated rings. The lowest BCUT2D eigenvalue weighted by Gasteiger charge is -2.04. The van der Waals surface area contributed by atoms with Gasteiger partial charge >= 0.3 is 0 Å². The van der Waals surface area contributed by atoms with Crippen molar-refractivity contribution in [3.63, 3.8) is 0 Å². The standard InChI is InChI=1S/C20H19ClN2OS/c1-14-2-6-16(7-3-14)20-23-18(13-25-20)12-19(24)22-11-10-15-4-8-17(21)9-5-15/h2-9,13H,10-12H2,1H3,(H,22,24). The van der Waals surface area contributed by atoms with Crippen LogP contribution in [0.25, 0.3) is 10.6 Å². The molecular formula is C20H19ClN2OS. The minimum atomic E-state index is -0.00489. The summed E-state index contributed by atoms with van der Waals surface area (Å²) in [6.45, 7) is 2.67. The monoisotopic (exact) mass is 370 g/mol. The van der Waals surface area contributed by atoms with Gasteiger partial charge in [0.15, 0.2) is 0 Å². The van der Waals surface area contributed by atoms with Crippen LogP contribution in [0.3, 0.4) is 0 Å². The van der Waals surface area contributed by atoms with Crippen LogP contribution in [0, 0.1) is 6.92 Å². The number of nitrogens with one attached hydrogen (secondary N) is 1. The van der Waals surface area contributed by atoms with Gasteiger partial charge in [-0.3, -0.25) is 4.79 Å². The molecule has 0 unspecified atom stereocenters. The van der Waals surface area contributed by atoms with Gasteiger partial charge in [-0.2, -0.15) is 0 Å². The van der Waals surface area contributed by atoms with Crippen molar-refractivity contribution in [2.75, 3.05) is 6.54 Å². The molecule has 0 saturated carbocycles. The Bertz CT molecular complexity index is 841. The topological polar surface area (TPSA) is 42.0 Å². The third-order valence-electron chi connectivity index (χ3n) is 3.84. The summed E-state index contributed by atoms with van der Waals surface area (Å²) in [5, 5.41) is 6.57. The minimum Gasteiger partial charge on any atom is -0.355 e. The fourth-order valence-corrected chi connectivity index (χ4v) is 3.39. The number of benzene rings is 2. The average molecular weight is 371 g/mol. The van der Waals surface area contributed by atoms with Crippen molar-refractivity contribution in [2.45, 2.75) is 19.8 Å². The summed E-state index contributed by atoms with van der Waals surface area (Å²) in [6.07, 6.45) is 1.09. The van der Waals surface area contributed by atoms with E-state index in [9.17, 15) is 4.79 Å². The molecule has 128 valence electrons. The van der Waals surface area contributed by atoms with Crippen LogP contribution in [-0.4, -0.2) is 17.4 Å². The maximum Gasteiger partial charge on any atom is 0.226 e. The number of thiazole rings is 1. The second kappa shape index (κ2) is 8.28. The van der Waals surface area contributed by atoms with Crippen LogP contribution in [0.4, 0.5) is 0 Å². The first-order chi connectivity index (χ1) is 12.1. The Morgan fingerprint density at radius 3 is 2.56 bits per heavy atom.